The van der Waals surface area contributed by atoms with E-state index in [-0.39, 0.29) is 18.4 Å². The van der Waals surface area contributed by atoms with Gasteiger partial charge in [0.15, 0.2) is 0 Å². The second-order valence-electron chi connectivity index (χ2n) is 6.09. The van der Waals surface area contributed by atoms with Gasteiger partial charge in [-0.05, 0) is 71.2 Å². The van der Waals surface area contributed by atoms with Gasteiger partial charge in [0.05, 0.1) is 18.7 Å². The summed E-state index contributed by atoms with van der Waals surface area (Å²) in [6.45, 7) is 0.911. The Bertz CT molecular complexity index is 754. The van der Waals surface area contributed by atoms with Crippen LogP contribution in [0.2, 0.25) is 0 Å². The summed E-state index contributed by atoms with van der Waals surface area (Å²) >= 11 is 3.42. The first-order valence-corrected chi connectivity index (χ1v) is 8.75. The van der Waals surface area contributed by atoms with Crippen molar-refractivity contribution in [3.63, 3.8) is 0 Å². The Morgan fingerprint density at radius 3 is 2.64 bits per heavy atom. The molecule has 136 valence electrons. The molecule has 0 fully saturated rings. The van der Waals surface area contributed by atoms with Gasteiger partial charge in [-0.3, -0.25) is 4.90 Å². The first-order chi connectivity index (χ1) is 11.5. The van der Waals surface area contributed by atoms with Crippen LogP contribution in [0.1, 0.15) is 22.7 Å². The van der Waals surface area contributed by atoms with Gasteiger partial charge in [-0.15, -0.1) is 12.4 Å². The van der Waals surface area contributed by atoms with E-state index < -0.39 is 0 Å². The van der Waals surface area contributed by atoms with Crippen LogP contribution in [0.25, 0.3) is 0 Å². The van der Waals surface area contributed by atoms with E-state index in [2.05, 4.69) is 33.9 Å². The number of likely N-dealkylation sites (N-methyl/N-ethyl adjacent to an activating group) is 1. The van der Waals surface area contributed by atoms with E-state index in [1.54, 1.807) is 14.2 Å². The van der Waals surface area contributed by atoms with E-state index in [0.29, 0.717) is 5.75 Å². The summed E-state index contributed by atoms with van der Waals surface area (Å²) in [5, 5.41) is 10.4. The molecule has 1 N–H and O–H groups in total. The Kier molecular flexibility index (Phi) is 6.60. The summed E-state index contributed by atoms with van der Waals surface area (Å²) in [6, 6.07) is 10.1. The molecule has 3 rings (SSSR count). The quantitative estimate of drug-likeness (QED) is 0.785. The van der Waals surface area contributed by atoms with Crippen molar-refractivity contribution in [3.8, 4) is 17.2 Å². The standard InChI is InChI=1S/C19H22BrNO3.ClH/c1-21-9-8-15-14(5-6-16(20)19(15)22)17(21)11-12-10-13(23-2)4-7-18(12)24-3;/h4-7,10,17,22H,8-9,11H2,1-3H3;1H. The fraction of sp³-hybridized carbons (Fsp3) is 0.368. The molecule has 0 radical (unpaired) electrons. The van der Waals surface area contributed by atoms with E-state index in [1.165, 1.54) is 5.56 Å². The molecular weight excluding hydrogens is 406 g/mol. The average Bonchev–Trinajstić information content (AvgIpc) is 2.60. The van der Waals surface area contributed by atoms with E-state index in [4.69, 9.17) is 9.47 Å². The largest absolute Gasteiger partial charge is 0.506 e. The molecule has 1 atom stereocenters. The van der Waals surface area contributed by atoms with Gasteiger partial charge in [0.2, 0.25) is 0 Å². The monoisotopic (exact) mass is 427 g/mol. The van der Waals surface area contributed by atoms with Gasteiger partial charge in [-0.2, -0.15) is 0 Å². The maximum Gasteiger partial charge on any atom is 0.133 e. The minimum Gasteiger partial charge on any atom is -0.506 e. The van der Waals surface area contributed by atoms with Crippen LogP contribution >= 0.6 is 28.3 Å². The number of halogens is 2. The Morgan fingerprint density at radius 1 is 1.20 bits per heavy atom. The Hall–Kier alpha value is -1.43. The summed E-state index contributed by atoms with van der Waals surface area (Å²) in [7, 11) is 5.48. The zero-order valence-electron chi connectivity index (χ0n) is 14.6. The molecule has 4 nitrogen and oxygen atoms in total. The molecule has 1 aliphatic rings. The first-order valence-electron chi connectivity index (χ1n) is 7.96. The van der Waals surface area contributed by atoms with Gasteiger partial charge in [-0.25, -0.2) is 0 Å². The summed E-state index contributed by atoms with van der Waals surface area (Å²) in [4.78, 5) is 2.33. The van der Waals surface area contributed by atoms with Crippen molar-refractivity contribution >= 4 is 28.3 Å². The van der Waals surface area contributed by atoms with Crippen LogP contribution in [-0.2, 0) is 12.8 Å². The number of fused-ring (bicyclic) bond motifs is 1. The number of nitrogens with zero attached hydrogens (tertiary/aromatic N) is 1. The third kappa shape index (κ3) is 3.89. The van der Waals surface area contributed by atoms with Crippen LogP contribution in [-0.4, -0.2) is 37.8 Å². The van der Waals surface area contributed by atoms with Crippen molar-refractivity contribution in [3.05, 3.63) is 51.5 Å². The SMILES string of the molecule is COc1ccc(OC)c(CC2c3ccc(Br)c(O)c3CCN2C)c1.Cl. The third-order valence-electron chi connectivity index (χ3n) is 4.78. The number of hydrogen-bond acceptors (Lipinski definition) is 4. The van der Waals surface area contributed by atoms with Crippen LogP contribution in [0, 0.1) is 0 Å². The molecule has 1 aliphatic heterocycles. The highest BCUT2D eigenvalue weighted by molar-refractivity contribution is 9.10. The molecular formula is C19H23BrClNO3. The second kappa shape index (κ2) is 8.30. The predicted molar refractivity (Wildman–Crippen MR) is 105 cm³/mol. The number of hydrogen-bond donors (Lipinski definition) is 1. The smallest absolute Gasteiger partial charge is 0.133 e. The van der Waals surface area contributed by atoms with Gasteiger partial charge >= 0.3 is 0 Å². The van der Waals surface area contributed by atoms with Crippen molar-refractivity contribution in [2.24, 2.45) is 0 Å². The summed E-state index contributed by atoms with van der Waals surface area (Å²) in [5.41, 5.74) is 3.31. The number of methoxy groups -OCH3 is 2. The minimum absolute atomic E-state index is 0. The van der Waals surface area contributed by atoms with Gasteiger partial charge in [0, 0.05) is 18.2 Å². The molecule has 0 bridgehead atoms. The highest BCUT2D eigenvalue weighted by atomic mass is 79.9. The maximum atomic E-state index is 10.4. The molecule has 25 heavy (non-hydrogen) atoms. The van der Waals surface area contributed by atoms with Crippen LogP contribution in [0.4, 0.5) is 0 Å². The second-order valence-corrected chi connectivity index (χ2v) is 6.95. The number of rotatable bonds is 4. The Morgan fingerprint density at radius 2 is 1.96 bits per heavy atom. The molecule has 0 saturated heterocycles. The van der Waals surface area contributed by atoms with Gasteiger partial charge in [0.1, 0.15) is 17.2 Å². The van der Waals surface area contributed by atoms with Crippen molar-refractivity contribution in [2.75, 3.05) is 27.8 Å². The summed E-state index contributed by atoms with van der Waals surface area (Å²) < 4.78 is 11.6. The molecule has 0 amide bonds. The maximum absolute atomic E-state index is 10.4. The number of aromatic hydroxyl groups is 1. The molecule has 0 aromatic heterocycles. The number of ether oxygens (including phenoxy) is 2. The molecule has 2 aromatic rings. The summed E-state index contributed by atoms with van der Waals surface area (Å²) in [5.74, 6) is 2.05. The normalized spacial score (nSPS) is 16.7. The zero-order chi connectivity index (χ0) is 17.3. The first kappa shape index (κ1) is 19.9. The van der Waals surface area contributed by atoms with E-state index in [9.17, 15) is 5.11 Å². The number of phenols is 1. The Labute approximate surface area is 163 Å². The molecule has 1 unspecified atom stereocenters. The van der Waals surface area contributed by atoms with Crippen molar-refractivity contribution in [1.82, 2.24) is 4.90 Å². The topological polar surface area (TPSA) is 41.9 Å². The molecule has 0 aliphatic carbocycles. The molecule has 0 spiro atoms. The summed E-state index contributed by atoms with van der Waals surface area (Å²) in [6.07, 6.45) is 1.65. The lowest BCUT2D eigenvalue weighted by molar-refractivity contribution is 0.225. The molecule has 6 heteroatoms. The lowest BCUT2D eigenvalue weighted by Crippen LogP contribution is -2.33. The highest BCUT2D eigenvalue weighted by Gasteiger charge is 2.28. The lowest BCUT2D eigenvalue weighted by atomic mass is 9.88. The number of benzene rings is 2. The molecule has 2 aromatic carbocycles. The van der Waals surface area contributed by atoms with Crippen LogP contribution in [0.15, 0.2) is 34.8 Å². The Balaban J connectivity index is 0.00000225. The lowest BCUT2D eigenvalue weighted by Gasteiger charge is -2.35. The highest BCUT2D eigenvalue weighted by Crippen LogP contribution is 2.40. The van der Waals surface area contributed by atoms with Crippen molar-refractivity contribution in [1.29, 1.82) is 0 Å². The molecule has 1 heterocycles. The van der Waals surface area contributed by atoms with Gasteiger partial charge in [-0.1, -0.05) is 6.07 Å². The van der Waals surface area contributed by atoms with Crippen LogP contribution in [0.3, 0.4) is 0 Å². The fourth-order valence-electron chi connectivity index (χ4n) is 3.40. The predicted octanol–water partition coefficient (Wildman–Crippen LogP) is 4.37. The molecule has 0 saturated carbocycles. The van der Waals surface area contributed by atoms with Gasteiger partial charge in [0.25, 0.3) is 0 Å². The third-order valence-corrected chi connectivity index (χ3v) is 5.42. The number of phenolic OH excluding ortho intramolecular Hbond substituents is 1. The van der Waals surface area contributed by atoms with Gasteiger partial charge < -0.3 is 14.6 Å². The van der Waals surface area contributed by atoms with E-state index >= 15 is 0 Å². The van der Waals surface area contributed by atoms with E-state index in [1.807, 2.05) is 24.3 Å². The van der Waals surface area contributed by atoms with Crippen LogP contribution < -0.4 is 9.47 Å². The zero-order valence-corrected chi connectivity index (χ0v) is 17.0. The average molecular weight is 429 g/mol. The minimum atomic E-state index is 0. The fourth-order valence-corrected chi connectivity index (χ4v) is 3.77. The van der Waals surface area contributed by atoms with Crippen LogP contribution in [0.5, 0.6) is 17.2 Å². The van der Waals surface area contributed by atoms with Crippen molar-refractivity contribution < 1.29 is 14.6 Å². The van der Waals surface area contributed by atoms with Crippen molar-refractivity contribution in [2.45, 2.75) is 18.9 Å². The van der Waals surface area contributed by atoms with E-state index in [0.717, 1.165) is 46.5 Å².